The molecular weight excluding hydrogens is 429 g/mol. The van der Waals surface area contributed by atoms with Crippen molar-refractivity contribution in [2.24, 2.45) is 0 Å². The third-order valence-electron chi connectivity index (χ3n) is 5.78. The first-order valence-electron chi connectivity index (χ1n) is 10.7. The fourth-order valence-electron chi connectivity index (χ4n) is 3.79. The van der Waals surface area contributed by atoms with Gasteiger partial charge in [-0.25, -0.2) is 0 Å². The van der Waals surface area contributed by atoms with Crippen molar-refractivity contribution in [3.05, 3.63) is 83.7 Å². The average molecular weight is 454 g/mol. The lowest BCUT2D eigenvalue weighted by molar-refractivity contribution is -0.137. The molecule has 0 radical (unpaired) electrons. The molecule has 1 aliphatic heterocycles. The highest BCUT2D eigenvalue weighted by molar-refractivity contribution is 5.95. The number of carbonyl (C=O) groups excluding carboxylic acids is 1. The van der Waals surface area contributed by atoms with Gasteiger partial charge in [0.1, 0.15) is 0 Å². The van der Waals surface area contributed by atoms with E-state index in [0.29, 0.717) is 11.1 Å². The van der Waals surface area contributed by atoms with Gasteiger partial charge in [-0.1, -0.05) is 24.3 Å². The van der Waals surface area contributed by atoms with Crippen molar-refractivity contribution in [3.8, 4) is 11.1 Å². The van der Waals surface area contributed by atoms with Gasteiger partial charge in [0.2, 0.25) is 0 Å². The maximum atomic E-state index is 12.9. The molecular formula is C25H25F3N4O. The summed E-state index contributed by atoms with van der Waals surface area (Å²) in [7, 11) is 2.12. The van der Waals surface area contributed by atoms with Crippen LogP contribution in [0.15, 0.2) is 67.0 Å². The van der Waals surface area contributed by atoms with Crippen LogP contribution in [0.2, 0.25) is 0 Å². The Kier molecular flexibility index (Phi) is 6.65. The number of rotatable bonds is 5. The Labute approximate surface area is 190 Å². The standard InChI is InChI=1S/C25H25F3N4O/c1-31-9-11-32(12-10-31)23-7-5-19(6-8-23)20-14-21(17-29-16-20)24(33)30-15-18-3-2-4-22(13-18)25(26,27)28/h2-8,13-14,16-17H,9-12,15H2,1H3,(H,30,33). The second-order valence-corrected chi connectivity index (χ2v) is 8.18. The number of anilines is 1. The zero-order valence-electron chi connectivity index (χ0n) is 18.3. The molecule has 1 N–H and O–H groups in total. The average Bonchev–Trinajstić information content (AvgIpc) is 2.83. The van der Waals surface area contributed by atoms with E-state index in [1.54, 1.807) is 18.3 Å². The van der Waals surface area contributed by atoms with Crippen LogP contribution in [0, 0.1) is 0 Å². The third kappa shape index (κ3) is 5.70. The summed E-state index contributed by atoms with van der Waals surface area (Å²) in [6, 6.07) is 14.8. The minimum atomic E-state index is -4.42. The predicted molar refractivity (Wildman–Crippen MR) is 122 cm³/mol. The van der Waals surface area contributed by atoms with Gasteiger partial charge in [0.25, 0.3) is 5.91 Å². The van der Waals surface area contributed by atoms with Crippen molar-refractivity contribution in [1.29, 1.82) is 0 Å². The molecule has 33 heavy (non-hydrogen) atoms. The maximum Gasteiger partial charge on any atom is 0.416 e. The summed E-state index contributed by atoms with van der Waals surface area (Å²) in [4.78, 5) is 21.4. The zero-order valence-corrected chi connectivity index (χ0v) is 18.3. The number of benzene rings is 2. The summed E-state index contributed by atoms with van der Waals surface area (Å²) in [5.74, 6) is -0.393. The molecule has 1 fully saturated rings. The number of nitrogens with zero attached hydrogens (tertiary/aromatic N) is 3. The van der Waals surface area contributed by atoms with E-state index in [0.717, 1.165) is 55.1 Å². The molecule has 2 heterocycles. The first kappa shape index (κ1) is 22.8. The lowest BCUT2D eigenvalue weighted by Gasteiger charge is -2.34. The Hall–Kier alpha value is -3.39. The number of aromatic nitrogens is 1. The van der Waals surface area contributed by atoms with Gasteiger partial charge in [0.05, 0.1) is 11.1 Å². The number of piperazine rings is 1. The Morgan fingerprint density at radius 2 is 1.70 bits per heavy atom. The van der Waals surface area contributed by atoms with E-state index in [2.05, 4.69) is 39.3 Å². The van der Waals surface area contributed by atoms with Crippen molar-refractivity contribution in [2.75, 3.05) is 38.1 Å². The molecule has 172 valence electrons. The monoisotopic (exact) mass is 454 g/mol. The molecule has 0 unspecified atom stereocenters. The predicted octanol–water partition coefficient (Wildman–Crippen LogP) is 4.45. The van der Waals surface area contributed by atoms with Crippen molar-refractivity contribution in [2.45, 2.75) is 12.7 Å². The molecule has 1 aliphatic rings. The second kappa shape index (κ2) is 9.62. The van der Waals surface area contributed by atoms with Gasteiger partial charge in [-0.2, -0.15) is 13.2 Å². The molecule has 4 rings (SSSR count). The van der Waals surface area contributed by atoms with E-state index in [4.69, 9.17) is 0 Å². The van der Waals surface area contributed by atoms with Crippen LogP contribution in [0.4, 0.5) is 18.9 Å². The molecule has 1 amide bonds. The Balaban J connectivity index is 1.42. The molecule has 0 atom stereocenters. The second-order valence-electron chi connectivity index (χ2n) is 8.18. The van der Waals surface area contributed by atoms with Crippen LogP contribution in [0.25, 0.3) is 11.1 Å². The molecule has 0 spiro atoms. The molecule has 1 saturated heterocycles. The van der Waals surface area contributed by atoms with Crippen LogP contribution in [0.1, 0.15) is 21.5 Å². The lowest BCUT2D eigenvalue weighted by Crippen LogP contribution is -2.44. The van der Waals surface area contributed by atoms with E-state index in [1.165, 1.54) is 12.3 Å². The number of halogens is 3. The molecule has 0 bridgehead atoms. The first-order chi connectivity index (χ1) is 15.8. The van der Waals surface area contributed by atoms with Gasteiger partial charge in [-0.3, -0.25) is 9.78 Å². The van der Waals surface area contributed by atoms with Crippen LogP contribution in [0.3, 0.4) is 0 Å². The summed E-state index contributed by atoms with van der Waals surface area (Å²) in [5.41, 5.74) is 2.89. The molecule has 5 nitrogen and oxygen atoms in total. The number of carbonyl (C=O) groups is 1. The number of likely N-dealkylation sites (N-methyl/N-ethyl adjacent to an activating group) is 1. The lowest BCUT2D eigenvalue weighted by atomic mass is 10.0. The number of pyridine rings is 1. The molecule has 3 aromatic rings. The van der Waals surface area contributed by atoms with Gasteiger partial charge < -0.3 is 15.1 Å². The van der Waals surface area contributed by atoms with Crippen molar-refractivity contribution in [3.63, 3.8) is 0 Å². The largest absolute Gasteiger partial charge is 0.416 e. The SMILES string of the molecule is CN1CCN(c2ccc(-c3cncc(C(=O)NCc4cccc(C(F)(F)F)c4)c3)cc2)CC1. The minimum absolute atomic E-state index is 0.00724. The summed E-state index contributed by atoms with van der Waals surface area (Å²) >= 11 is 0. The zero-order chi connectivity index (χ0) is 23.4. The van der Waals surface area contributed by atoms with Crippen molar-refractivity contribution in [1.82, 2.24) is 15.2 Å². The Bertz CT molecular complexity index is 1110. The van der Waals surface area contributed by atoms with E-state index >= 15 is 0 Å². The fourth-order valence-corrected chi connectivity index (χ4v) is 3.79. The van der Waals surface area contributed by atoms with E-state index in [1.807, 2.05) is 12.1 Å². The van der Waals surface area contributed by atoms with Crippen LogP contribution in [-0.2, 0) is 12.7 Å². The molecule has 8 heteroatoms. The molecule has 0 aliphatic carbocycles. The molecule has 1 aromatic heterocycles. The van der Waals surface area contributed by atoms with Crippen LogP contribution < -0.4 is 10.2 Å². The maximum absolute atomic E-state index is 12.9. The highest BCUT2D eigenvalue weighted by atomic mass is 19.4. The summed E-state index contributed by atoms with van der Waals surface area (Å²) in [5, 5.41) is 2.67. The number of hydrogen-bond acceptors (Lipinski definition) is 4. The quantitative estimate of drug-likeness (QED) is 0.619. The highest BCUT2D eigenvalue weighted by Crippen LogP contribution is 2.29. The van der Waals surface area contributed by atoms with Crippen molar-refractivity contribution >= 4 is 11.6 Å². The number of amides is 1. The number of hydrogen-bond donors (Lipinski definition) is 1. The summed E-state index contributed by atoms with van der Waals surface area (Å²) in [6.07, 6.45) is -1.28. The van der Waals surface area contributed by atoms with E-state index in [9.17, 15) is 18.0 Å². The molecule has 2 aromatic carbocycles. The molecule has 0 saturated carbocycles. The van der Waals surface area contributed by atoms with Gasteiger partial charge in [-0.05, 0) is 48.5 Å². The smallest absolute Gasteiger partial charge is 0.369 e. The van der Waals surface area contributed by atoms with Crippen LogP contribution in [0.5, 0.6) is 0 Å². The van der Waals surface area contributed by atoms with E-state index < -0.39 is 17.6 Å². The van der Waals surface area contributed by atoms with Crippen LogP contribution >= 0.6 is 0 Å². The summed E-state index contributed by atoms with van der Waals surface area (Å²) in [6.45, 7) is 4.03. The van der Waals surface area contributed by atoms with Gasteiger partial charge in [0.15, 0.2) is 0 Å². The third-order valence-corrected chi connectivity index (χ3v) is 5.78. The Morgan fingerprint density at radius 1 is 0.970 bits per heavy atom. The summed E-state index contributed by atoms with van der Waals surface area (Å²) < 4.78 is 38.7. The first-order valence-corrected chi connectivity index (χ1v) is 10.7. The number of alkyl halides is 3. The topological polar surface area (TPSA) is 48.5 Å². The van der Waals surface area contributed by atoms with Gasteiger partial charge >= 0.3 is 6.18 Å². The minimum Gasteiger partial charge on any atom is -0.369 e. The van der Waals surface area contributed by atoms with Crippen molar-refractivity contribution < 1.29 is 18.0 Å². The van der Waals surface area contributed by atoms with E-state index in [-0.39, 0.29) is 6.54 Å². The van der Waals surface area contributed by atoms with Crippen LogP contribution in [-0.4, -0.2) is 49.0 Å². The van der Waals surface area contributed by atoms with Gasteiger partial charge in [0, 0.05) is 56.4 Å². The highest BCUT2D eigenvalue weighted by Gasteiger charge is 2.30. The fraction of sp³-hybridized carbons (Fsp3) is 0.280. The normalized spacial score (nSPS) is 14.8. The van der Waals surface area contributed by atoms with Gasteiger partial charge in [-0.15, -0.1) is 0 Å². The Morgan fingerprint density at radius 3 is 2.39 bits per heavy atom. The number of nitrogens with one attached hydrogen (secondary N) is 1.